The molecule has 0 atom stereocenters. The Labute approximate surface area is 176 Å². The summed E-state index contributed by atoms with van der Waals surface area (Å²) in [5.74, 6) is -3.71. The number of carbonyl (C=O) groups excluding carboxylic acids is 7. The highest BCUT2D eigenvalue weighted by molar-refractivity contribution is 6.52. The molecule has 3 heterocycles. The van der Waals surface area contributed by atoms with Crippen molar-refractivity contribution in [3.05, 3.63) is 34.9 Å². The van der Waals surface area contributed by atoms with Crippen molar-refractivity contribution in [1.29, 1.82) is 0 Å². The number of nitrogens with zero attached hydrogens (tertiary/aromatic N) is 3. The third-order valence-corrected chi connectivity index (χ3v) is 5.39. The second kappa shape index (κ2) is 7.42. The molecule has 3 aliphatic heterocycles. The largest absolute Gasteiger partial charge is 0.352 e. The maximum Gasteiger partial charge on any atom is 0.284 e. The first-order valence-electron chi connectivity index (χ1n) is 9.49. The van der Waals surface area contributed by atoms with Crippen LogP contribution in [-0.2, 0) is 19.2 Å². The molecular formula is C20H20N4O7. The maximum absolute atomic E-state index is 11.7. The molecule has 0 aromatic heterocycles. The van der Waals surface area contributed by atoms with Gasteiger partial charge >= 0.3 is 0 Å². The number of hydrogen-bond acceptors (Lipinski definition) is 7. The number of amides is 7. The van der Waals surface area contributed by atoms with Crippen molar-refractivity contribution in [2.24, 2.45) is 5.41 Å². The van der Waals surface area contributed by atoms with E-state index >= 15 is 0 Å². The van der Waals surface area contributed by atoms with Gasteiger partial charge in [0.25, 0.3) is 46.8 Å². The molecule has 1 aromatic rings. The number of imide groups is 3. The zero-order chi connectivity index (χ0) is 23.2. The lowest BCUT2D eigenvalue weighted by Crippen LogP contribution is -2.83. The minimum absolute atomic E-state index is 0.198. The molecule has 31 heavy (non-hydrogen) atoms. The SMILES string of the molecule is CCN1C(=O)C2(C(=O)N(C)C2=O)C1=O.CCNC(=O)c1ccc2c(c1)C(=O)N(C)C2=O. The number of fused-ring (bicyclic) bond motifs is 1. The van der Waals surface area contributed by atoms with Gasteiger partial charge in [-0.1, -0.05) is 0 Å². The van der Waals surface area contributed by atoms with Gasteiger partial charge in [-0.3, -0.25) is 48.3 Å². The fraction of sp³-hybridized carbons (Fsp3) is 0.350. The van der Waals surface area contributed by atoms with Gasteiger partial charge in [-0.05, 0) is 32.0 Å². The van der Waals surface area contributed by atoms with Crippen molar-refractivity contribution >= 4 is 41.4 Å². The van der Waals surface area contributed by atoms with Gasteiger partial charge in [-0.2, -0.15) is 0 Å². The summed E-state index contributed by atoms with van der Waals surface area (Å²) >= 11 is 0. The molecule has 1 aromatic carbocycles. The lowest BCUT2D eigenvalue weighted by molar-refractivity contribution is -0.198. The summed E-state index contributed by atoms with van der Waals surface area (Å²) < 4.78 is 0. The molecule has 0 aliphatic carbocycles. The summed E-state index contributed by atoms with van der Waals surface area (Å²) in [4.78, 5) is 83.1. The molecule has 1 N–H and O–H groups in total. The highest BCUT2D eigenvalue weighted by Crippen LogP contribution is 2.43. The molecule has 0 bridgehead atoms. The van der Waals surface area contributed by atoms with Gasteiger partial charge in [0, 0.05) is 32.7 Å². The van der Waals surface area contributed by atoms with Crippen LogP contribution in [0.15, 0.2) is 18.2 Å². The molecule has 7 amide bonds. The second-order valence-electron chi connectivity index (χ2n) is 7.06. The van der Waals surface area contributed by atoms with E-state index in [1.807, 2.05) is 6.92 Å². The lowest BCUT2D eigenvalue weighted by atomic mass is 9.69. The monoisotopic (exact) mass is 428 g/mol. The van der Waals surface area contributed by atoms with Gasteiger partial charge in [0.2, 0.25) is 0 Å². The summed E-state index contributed by atoms with van der Waals surface area (Å²) in [6, 6.07) is 4.53. The van der Waals surface area contributed by atoms with E-state index in [2.05, 4.69) is 5.32 Å². The minimum atomic E-state index is -1.98. The Morgan fingerprint density at radius 1 is 0.839 bits per heavy atom. The minimum Gasteiger partial charge on any atom is -0.352 e. The Kier molecular flexibility index (Phi) is 5.22. The van der Waals surface area contributed by atoms with Crippen molar-refractivity contribution in [2.45, 2.75) is 13.8 Å². The number of carbonyl (C=O) groups is 7. The topological polar surface area (TPSA) is 141 Å². The number of benzene rings is 1. The molecule has 2 fully saturated rings. The van der Waals surface area contributed by atoms with E-state index in [0.29, 0.717) is 23.2 Å². The van der Waals surface area contributed by atoms with E-state index in [4.69, 9.17) is 0 Å². The van der Waals surface area contributed by atoms with E-state index in [0.717, 1.165) is 14.7 Å². The van der Waals surface area contributed by atoms with Crippen LogP contribution in [0.5, 0.6) is 0 Å². The molecule has 1 spiro atoms. The zero-order valence-electron chi connectivity index (χ0n) is 17.3. The van der Waals surface area contributed by atoms with Crippen molar-refractivity contribution in [3.8, 4) is 0 Å². The maximum atomic E-state index is 11.7. The van der Waals surface area contributed by atoms with Crippen LogP contribution in [0.4, 0.5) is 0 Å². The first-order chi connectivity index (χ1) is 14.5. The molecule has 0 unspecified atom stereocenters. The van der Waals surface area contributed by atoms with Crippen LogP contribution in [0.3, 0.4) is 0 Å². The number of rotatable bonds is 3. The van der Waals surface area contributed by atoms with E-state index < -0.39 is 29.0 Å². The summed E-state index contributed by atoms with van der Waals surface area (Å²) in [6.45, 7) is 4.14. The number of likely N-dealkylation sites (tertiary alicyclic amines) is 2. The molecule has 3 aliphatic rings. The van der Waals surface area contributed by atoms with Crippen molar-refractivity contribution in [3.63, 3.8) is 0 Å². The van der Waals surface area contributed by atoms with Crippen LogP contribution in [0.1, 0.15) is 44.9 Å². The number of nitrogens with one attached hydrogen (secondary N) is 1. The fourth-order valence-corrected chi connectivity index (χ4v) is 3.59. The zero-order valence-corrected chi connectivity index (χ0v) is 17.3. The average Bonchev–Trinajstić information content (AvgIpc) is 2.98. The van der Waals surface area contributed by atoms with Gasteiger partial charge in [-0.25, -0.2) is 0 Å². The number of β-lactam (4-membered cyclic amide) rings is 4. The van der Waals surface area contributed by atoms with E-state index in [9.17, 15) is 33.6 Å². The molecular weight excluding hydrogens is 408 g/mol. The van der Waals surface area contributed by atoms with E-state index in [1.54, 1.807) is 13.0 Å². The summed E-state index contributed by atoms with van der Waals surface area (Å²) in [5.41, 5.74) is -0.945. The standard InChI is InChI=1S/C12H12N2O3.C8H8N2O4/c1-3-13-10(15)7-4-5-8-9(6-7)12(17)14(2)11(8)16;1-3-10-6(13)8(7(10)14)4(11)9(2)5(8)12/h4-6H,3H2,1-2H3,(H,13,15);3H2,1-2H3. The molecule has 0 radical (unpaired) electrons. The van der Waals surface area contributed by atoms with Crippen molar-refractivity contribution in [1.82, 2.24) is 20.0 Å². The lowest BCUT2D eigenvalue weighted by Gasteiger charge is -2.51. The predicted molar refractivity (Wildman–Crippen MR) is 103 cm³/mol. The smallest absolute Gasteiger partial charge is 0.284 e. The van der Waals surface area contributed by atoms with Crippen LogP contribution < -0.4 is 5.32 Å². The van der Waals surface area contributed by atoms with Crippen LogP contribution in [0, 0.1) is 5.41 Å². The molecule has 11 nitrogen and oxygen atoms in total. The highest BCUT2D eigenvalue weighted by Gasteiger charge is 2.79. The Hall–Kier alpha value is -3.89. The van der Waals surface area contributed by atoms with Gasteiger partial charge < -0.3 is 5.32 Å². The highest BCUT2D eigenvalue weighted by atomic mass is 16.2. The Balaban J connectivity index is 0.000000179. The first-order valence-corrected chi connectivity index (χ1v) is 9.49. The van der Waals surface area contributed by atoms with Crippen molar-refractivity contribution < 1.29 is 33.6 Å². The van der Waals surface area contributed by atoms with Crippen LogP contribution in [0.2, 0.25) is 0 Å². The third kappa shape index (κ3) is 2.76. The quantitative estimate of drug-likeness (QED) is 0.371. The summed E-state index contributed by atoms with van der Waals surface area (Å²) in [6.07, 6.45) is 0. The van der Waals surface area contributed by atoms with Gasteiger partial charge in [0.1, 0.15) is 0 Å². The molecule has 2 saturated heterocycles. The molecule has 162 valence electrons. The molecule has 11 heteroatoms. The molecule has 0 saturated carbocycles. The third-order valence-electron chi connectivity index (χ3n) is 5.39. The van der Waals surface area contributed by atoms with Crippen LogP contribution in [0.25, 0.3) is 0 Å². The number of hydrogen-bond donors (Lipinski definition) is 1. The predicted octanol–water partition coefficient (Wildman–Crippen LogP) is -0.978. The summed E-state index contributed by atoms with van der Waals surface area (Å²) in [5, 5.41) is 2.64. The normalized spacial score (nSPS) is 18.5. The van der Waals surface area contributed by atoms with Crippen LogP contribution in [-0.4, -0.2) is 83.2 Å². The van der Waals surface area contributed by atoms with Gasteiger partial charge in [0.05, 0.1) is 11.1 Å². The first kappa shape index (κ1) is 21.8. The summed E-state index contributed by atoms with van der Waals surface area (Å²) in [7, 11) is 2.68. The Bertz CT molecular complexity index is 1040. The molecule has 4 rings (SSSR count). The Morgan fingerprint density at radius 2 is 1.39 bits per heavy atom. The van der Waals surface area contributed by atoms with Crippen molar-refractivity contribution in [2.75, 3.05) is 27.2 Å². The Morgan fingerprint density at radius 3 is 1.90 bits per heavy atom. The van der Waals surface area contributed by atoms with Gasteiger partial charge in [-0.15, -0.1) is 0 Å². The van der Waals surface area contributed by atoms with E-state index in [-0.39, 0.29) is 24.3 Å². The average molecular weight is 428 g/mol. The van der Waals surface area contributed by atoms with Crippen LogP contribution >= 0.6 is 0 Å². The fourth-order valence-electron chi connectivity index (χ4n) is 3.59. The van der Waals surface area contributed by atoms with Gasteiger partial charge in [0.15, 0.2) is 0 Å². The second-order valence-corrected chi connectivity index (χ2v) is 7.06. The van der Waals surface area contributed by atoms with E-state index in [1.165, 1.54) is 26.2 Å².